The molecule has 8 heteroatoms. The first kappa shape index (κ1) is 17.6. The van der Waals surface area contributed by atoms with Crippen molar-refractivity contribution in [2.24, 2.45) is 0 Å². The van der Waals surface area contributed by atoms with Gasteiger partial charge < -0.3 is 5.32 Å². The van der Waals surface area contributed by atoms with Crippen molar-refractivity contribution in [3.8, 4) is 6.07 Å². The third-order valence-electron chi connectivity index (χ3n) is 3.91. The summed E-state index contributed by atoms with van der Waals surface area (Å²) in [6, 6.07) is 11.9. The van der Waals surface area contributed by atoms with Gasteiger partial charge in [-0.25, -0.2) is 8.42 Å². The summed E-state index contributed by atoms with van der Waals surface area (Å²) in [5.74, 6) is -0.248. The van der Waals surface area contributed by atoms with Gasteiger partial charge in [0.2, 0.25) is 5.91 Å². The number of carbonyl (C=O) groups excluding carboxylic acids is 1. The number of hydrogen-bond donors (Lipinski definition) is 1. The van der Waals surface area contributed by atoms with E-state index in [2.05, 4.69) is 5.32 Å². The molecule has 0 aliphatic carbocycles. The maximum Gasteiger partial charge on any atom is 0.252 e. The lowest BCUT2D eigenvalue weighted by molar-refractivity contribution is -0.115. The van der Waals surface area contributed by atoms with Crippen molar-refractivity contribution >= 4 is 33.0 Å². The molecule has 6 nitrogen and oxygen atoms in total. The number of sulfonamides is 1. The second-order valence-corrected chi connectivity index (χ2v) is 9.08. The number of carbonyl (C=O) groups is 1. The van der Waals surface area contributed by atoms with Crippen LogP contribution in [0.4, 0.5) is 5.69 Å². The van der Waals surface area contributed by atoms with Gasteiger partial charge in [-0.2, -0.15) is 9.57 Å². The molecule has 1 aromatic carbocycles. The van der Waals surface area contributed by atoms with E-state index in [0.717, 1.165) is 24.2 Å². The standard InChI is InChI=1S/C17H17N3O3S2/c18-12-13-4-3-5-14(10-13)19-16(21)11-15-6-7-17(24-15)25(22,23)20-8-1-2-9-20/h3-7,10H,1-2,8-9,11H2,(H,19,21). The minimum Gasteiger partial charge on any atom is -0.326 e. The Kier molecular flexibility index (Phi) is 5.18. The van der Waals surface area contributed by atoms with E-state index in [9.17, 15) is 13.2 Å². The first-order valence-electron chi connectivity index (χ1n) is 7.88. The van der Waals surface area contributed by atoms with Gasteiger partial charge in [0.15, 0.2) is 0 Å². The number of nitriles is 1. The van der Waals surface area contributed by atoms with Crippen molar-refractivity contribution in [2.45, 2.75) is 23.5 Å². The van der Waals surface area contributed by atoms with Gasteiger partial charge in [0.25, 0.3) is 10.0 Å². The predicted octanol–water partition coefficient (Wildman–Crippen LogP) is 2.59. The molecule has 0 radical (unpaired) electrons. The quantitative estimate of drug-likeness (QED) is 0.870. The topological polar surface area (TPSA) is 90.3 Å². The van der Waals surface area contributed by atoms with Gasteiger partial charge in [-0.1, -0.05) is 6.07 Å². The van der Waals surface area contributed by atoms with Crippen molar-refractivity contribution in [2.75, 3.05) is 18.4 Å². The molecule has 0 spiro atoms. The van der Waals surface area contributed by atoms with Crippen LogP contribution in [0.25, 0.3) is 0 Å². The lowest BCUT2D eigenvalue weighted by atomic mass is 10.2. The number of benzene rings is 1. The SMILES string of the molecule is N#Cc1cccc(NC(=O)Cc2ccc(S(=O)(=O)N3CCCC3)s2)c1. The summed E-state index contributed by atoms with van der Waals surface area (Å²) >= 11 is 1.13. The van der Waals surface area contributed by atoms with E-state index in [0.29, 0.717) is 29.2 Å². The molecule has 1 saturated heterocycles. The first-order valence-corrected chi connectivity index (χ1v) is 10.1. The van der Waals surface area contributed by atoms with Gasteiger partial charge in [-0.3, -0.25) is 4.79 Å². The van der Waals surface area contributed by atoms with E-state index in [-0.39, 0.29) is 16.5 Å². The van der Waals surface area contributed by atoms with Crippen LogP contribution in [0.2, 0.25) is 0 Å². The molecule has 0 saturated carbocycles. The van der Waals surface area contributed by atoms with Crippen molar-refractivity contribution in [3.05, 3.63) is 46.8 Å². The average Bonchev–Trinajstić information content (AvgIpc) is 3.27. The number of rotatable bonds is 5. The highest BCUT2D eigenvalue weighted by Crippen LogP contribution is 2.27. The molecule has 2 heterocycles. The molecule has 1 aliphatic heterocycles. The second kappa shape index (κ2) is 7.35. The zero-order chi connectivity index (χ0) is 17.9. The van der Waals surface area contributed by atoms with E-state index in [1.165, 1.54) is 4.31 Å². The van der Waals surface area contributed by atoms with Gasteiger partial charge in [0.05, 0.1) is 18.1 Å². The Hall–Kier alpha value is -2.21. The van der Waals surface area contributed by atoms with Crippen LogP contribution in [0.5, 0.6) is 0 Å². The highest BCUT2D eigenvalue weighted by atomic mass is 32.2. The molecule has 0 atom stereocenters. The molecule has 0 unspecified atom stereocenters. The Labute approximate surface area is 150 Å². The average molecular weight is 375 g/mol. The summed E-state index contributed by atoms with van der Waals surface area (Å²) in [6.07, 6.45) is 1.88. The number of nitrogens with zero attached hydrogens (tertiary/aromatic N) is 2. The van der Waals surface area contributed by atoms with E-state index >= 15 is 0 Å². The van der Waals surface area contributed by atoms with Gasteiger partial charge in [-0.15, -0.1) is 11.3 Å². The summed E-state index contributed by atoms with van der Waals surface area (Å²) in [7, 11) is -3.44. The molecular weight excluding hydrogens is 358 g/mol. The van der Waals surface area contributed by atoms with E-state index in [1.807, 2.05) is 6.07 Å². The van der Waals surface area contributed by atoms with Gasteiger partial charge in [-0.05, 0) is 43.2 Å². The normalized spacial score (nSPS) is 15.0. The monoisotopic (exact) mass is 375 g/mol. The van der Waals surface area contributed by atoms with Crippen LogP contribution in [0, 0.1) is 11.3 Å². The summed E-state index contributed by atoms with van der Waals surface area (Å²) in [5, 5.41) is 11.6. The minimum absolute atomic E-state index is 0.0942. The third kappa shape index (κ3) is 4.07. The summed E-state index contributed by atoms with van der Waals surface area (Å²) in [6.45, 7) is 1.12. The van der Waals surface area contributed by atoms with Gasteiger partial charge in [0, 0.05) is 23.7 Å². The van der Waals surface area contributed by atoms with Crippen molar-refractivity contribution in [3.63, 3.8) is 0 Å². The molecule has 1 amide bonds. The molecule has 1 aliphatic rings. The number of anilines is 1. The first-order chi connectivity index (χ1) is 12.0. The summed E-state index contributed by atoms with van der Waals surface area (Å²) < 4.78 is 26.8. The summed E-state index contributed by atoms with van der Waals surface area (Å²) in [4.78, 5) is 12.8. The van der Waals surface area contributed by atoms with Crippen molar-refractivity contribution in [1.82, 2.24) is 4.31 Å². The second-order valence-electron chi connectivity index (χ2n) is 5.75. The Bertz CT molecular complexity index is 923. The fourth-order valence-corrected chi connectivity index (χ4v) is 5.70. The smallest absolute Gasteiger partial charge is 0.252 e. The molecule has 1 N–H and O–H groups in total. The summed E-state index contributed by atoms with van der Waals surface area (Å²) in [5.41, 5.74) is 1.01. The Morgan fingerprint density at radius 3 is 2.72 bits per heavy atom. The zero-order valence-electron chi connectivity index (χ0n) is 13.4. The van der Waals surface area contributed by atoms with Gasteiger partial charge >= 0.3 is 0 Å². The molecule has 25 heavy (non-hydrogen) atoms. The third-order valence-corrected chi connectivity index (χ3v) is 7.36. The Balaban J connectivity index is 1.66. The van der Waals surface area contributed by atoms with Crippen LogP contribution in [-0.2, 0) is 21.2 Å². The fourth-order valence-electron chi connectivity index (χ4n) is 2.68. The lowest BCUT2D eigenvalue weighted by Crippen LogP contribution is -2.27. The largest absolute Gasteiger partial charge is 0.326 e. The molecule has 0 bridgehead atoms. The van der Waals surface area contributed by atoms with Gasteiger partial charge in [0.1, 0.15) is 4.21 Å². The van der Waals surface area contributed by atoms with Crippen LogP contribution in [0.15, 0.2) is 40.6 Å². The number of amides is 1. The highest BCUT2D eigenvalue weighted by Gasteiger charge is 2.28. The molecule has 1 aromatic heterocycles. The Morgan fingerprint density at radius 1 is 1.24 bits per heavy atom. The predicted molar refractivity (Wildman–Crippen MR) is 95.8 cm³/mol. The van der Waals surface area contributed by atoms with E-state index in [4.69, 9.17) is 5.26 Å². The van der Waals surface area contributed by atoms with Crippen molar-refractivity contribution < 1.29 is 13.2 Å². The van der Waals surface area contributed by atoms with E-state index in [1.54, 1.807) is 36.4 Å². The van der Waals surface area contributed by atoms with Crippen LogP contribution < -0.4 is 5.32 Å². The zero-order valence-corrected chi connectivity index (χ0v) is 15.1. The molecule has 130 valence electrons. The Morgan fingerprint density at radius 2 is 2.00 bits per heavy atom. The molecule has 1 fully saturated rings. The molecule has 2 aromatic rings. The van der Waals surface area contributed by atoms with Crippen LogP contribution in [0.1, 0.15) is 23.3 Å². The minimum atomic E-state index is -3.44. The van der Waals surface area contributed by atoms with E-state index < -0.39 is 10.0 Å². The fraction of sp³-hybridized carbons (Fsp3) is 0.294. The molecular formula is C17H17N3O3S2. The lowest BCUT2D eigenvalue weighted by Gasteiger charge is -2.13. The number of thiophene rings is 1. The number of nitrogens with one attached hydrogen (secondary N) is 1. The maximum atomic E-state index is 12.5. The maximum absolute atomic E-state index is 12.5. The van der Waals surface area contributed by atoms with Crippen LogP contribution in [0.3, 0.4) is 0 Å². The van der Waals surface area contributed by atoms with Crippen molar-refractivity contribution in [1.29, 1.82) is 5.26 Å². The van der Waals surface area contributed by atoms with Crippen LogP contribution >= 0.6 is 11.3 Å². The van der Waals surface area contributed by atoms with Crippen LogP contribution in [-0.4, -0.2) is 31.7 Å². The number of hydrogen-bond acceptors (Lipinski definition) is 5. The molecule has 3 rings (SSSR count). The highest BCUT2D eigenvalue weighted by molar-refractivity contribution is 7.91.